The molecule has 3 heterocycles. The van der Waals surface area contributed by atoms with Crippen molar-refractivity contribution in [3.8, 4) is 28.2 Å². The number of aromatic nitrogens is 2. The Morgan fingerprint density at radius 2 is 1.92 bits per heavy atom. The SMILES string of the molecule is COCCCOc1ccc(C)c(Nc2ncc(-c3cc(-c4ccc[nH]c4=O)cc(N4CCOCC4)c3)o2)c1. The Morgan fingerprint density at radius 1 is 1.08 bits per heavy atom. The second-order valence-electron chi connectivity index (χ2n) is 9.11. The smallest absolute Gasteiger partial charge is 0.299 e. The lowest BCUT2D eigenvalue weighted by atomic mass is 10.0. The van der Waals surface area contributed by atoms with Crippen molar-refractivity contribution in [2.75, 3.05) is 56.8 Å². The molecule has 5 rings (SSSR count). The Bertz CT molecular complexity index is 1420. The minimum absolute atomic E-state index is 0.141. The first kappa shape index (κ1) is 25.6. The number of nitrogens with one attached hydrogen (secondary N) is 2. The van der Waals surface area contributed by atoms with Gasteiger partial charge >= 0.3 is 0 Å². The van der Waals surface area contributed by atoms with Gasteiger partial charge in [0.2, 0.25) is 0 Å². The van der Waals surface area contributed by atoms with E-state index < -0.39 is 0 Å². The average Bonchev–Trinajstić information content (AvgIpc) is 3.42. The molecule has 2 N–H and O–H groups in total. The Morgan fingerprint density at radius 3 is 2.74 bits per heavy atom. The fraction of sp³-hybridized carbons (Fsp3) is 0.310. The van der Waals surface area contributed by atoms with Crippen LogP contribution in [-0.2, 0) is 9.47 Å². The van der Waals surface area contributed by atoms with E-state index in [0.717, 1.165) is 53.3 Å². The number of aryl methyl sites for hydroxylation is 1. The van der Waals surface area contributed by atoms with Crippen molar-refractivity contribution < 1.29 is 18.6 Å². The number of aromatic amines is 1. The highest BCUT2D eigenvalue weighted by molar-refractivity contribution is 5.76. The summed E-state index contributed by atoms with van der Waals surface area (Å²) in [4.78, 5) is 22.1. The van der Waals surface area contributed by atoms with E-state index in [1.165, 1.54) is 0 Å². The largest absolute Gasteiger partial charge is 0.493 e. The maximum Gasteiger partial charge on any atom is 0.299 e. The Balaban J connectivity index is 1.42. The molecule has 0 unspecified atom stereocenters. The van der Waals surface area contributed by atoms with Gasteiger partial charge in [0.15, 0.2) is 5.76 Å². The summed E-state index contributed by atoms with van der Waals surface area (Å²) in [5.41, 5.74) is 4.99. The molecule has 1 aliphatic heterocycles. The monoisotopic (exact) mass is 516 g/mol. The summed E-state index contributed by atoms with van der Waals surface area (Å²) in [5, 5.41) is 3.27. The van der Waals surface area contributed by atoms with Crippen LogP contribution >= 0.6 is 0 Å². The zero-order chi connectivity index (χ0) is 26.3. The van der Waals surface area contributed by atoms with Crippen LogP contribution in [0.4, 0.5) is 17.4 Å². The zero-order valence-electron chi connectivity index (χ0n) is 21.7. The minimum atomic E-state index is -0.141. The normalized spacial score (nSPS) is 13.5. The number of H-pyrrole nitrogens is 1. The number of methoxy groups -OCH3 is 1. The summed E-state index contributed by atoms with van der Waals surface area (Å²) in [6.07, 6.45) is 4.14. The van der Waals surface area contributed by atoms with Gasteiger partial charge in [0, 0.05) is 68.0 Å². The number of rotatable bonds is 10. The van der Waals surface area contributed by atoms with Crippen LogP contribution in [0.15, 0.2) is 70.1 Å². The highest BCUT2D eigenvalue weighted by atomic mass is 16.5. The first-order chi connectivity index (χ1) is 18.6. The molecule has 0 aliphatic carbocycles. The lowest BCUT2D eigenvalue weighted by molar-refractivity contribution is 0.122. The van der Waals surface area contributed by atoms with Gasteiger partial charge in [-0.15, -0.1) is 0 Å². The molecule has 198 valence electrons. The molecule has 0 bridgehead atoms. The number of benzene rings is 2. The summed E-state index contributed by atoms with van der Waals surface area (Å²) >= 11 is 0. The van der Waals surface area contributed by atoms with Gasteiger partial charge in [0.1, 0.15) is 5.75 Å². The number of ether oxygens (including phenoxy) is 3. The number of pyridine rings is 1. The van der Waals surface area contributed by atoms with Crippen LogP contribution in [-0.4, -0.2) is 56.6 Å². The van der Waals surface area contributed by atoms with Crippen LogP contribution in [0.3, 0.4) is 0 Å². The van der Waals surface area contributed by atoms with Crippen molar-refractivity contribution in [2.24, 2.45) is 0 Å². The van der Waals surface area contributed by atoms with Gasteiger partial charge < -0.3 is 33.8 Å². The van der Waals surface area contributed by atoms with Crippen LogP contribution in [0.25, 0.3) is 22.5 Å². The predicted molar refractivity (Wildman–Crippen MR) is 147 cm³/mol. The van der Waals surface area contributed by atoms with Crippen molar-refractivity contribution in [3.63, 3.8) is 0 Å². The molecule has 2 aromatic carbocycles. The van der Waals surface area contributed by atoms with Crippen molar-refractivity contribution in [1.29, 1.82) is 0 Å². The summed E-state index contributed by atoms with van der Waals surface area (Å²) in [5.74, 6) is 1.36. The zero-order valence-corrected chi connectivity index (χ0v) is 21.7. The third-order valence-corrected chi connectivity index (χ3v) is 6.43. The van der Waals surface area contributed by atoms with Gasteiger partial charge in [-0.25, -0.2) is 4.98 Å². The van der Waals surface area contributed by atoms with Gasteiger partial charge in [-0.05, 0) is 54.4 Å². The highest BCUT2D eigenvalue weighted by Crippen LogP contribution is 2.33. The summed E-state index contributed by atoms with van der Waals surface area (Å²) < 4.78 is 22.6. The van der Waals surface area contributed by atoms with E-state index in [1.807, 2.05) is 49.4 Å². The molecule has 0 radical (unpaired) electrons. The number of morpholine rings is 1. The van der Waals surface area contributed by atoms with Crippen LogP contribution in [0, 0.1) is 6.92 Å². The Labute approximate surface area is 221 Å². The average molecular weight is 517 g/mol. The lowest BCUT2D eigenvalue weighted by Crippen LogP contribution is -2.36. The molecule has 0 atom stereocenters. The molecular weight excluding hydrogens is 484 g/mol. The second kappa shape index (κ2) is 12.0. The van der Waals surface area contributed by atoms with Gasteiger partial charge in [-0.3, -0.25) is 4.79 Å². The molecule has 0 spiro atoms. The standard InChI is InChI=1S/C29H32N4O5/c1-20-6-7-24(37-12-4-11-35-2)18-26(20)32-29-31-19-27(38-29)22-15-21(25-5-3-8-30-28(25)34)16-23(17-22)33-9-13-36-14-10-33/h3,5-8,15-19H,4,9-14H2,1-2H3,(H,30,34)(H,31,32). The van der Waals surface area contributed by atoms with Crippen molar-refractivity contribution in [1.82, 2.24) is 9.97 Å². The van der Waals surface area contributed by atoms with Gasteiger partial charge in [0.25, 0.3) is 11.6 Å². The molecule has 0 saturated carbocycles. The van der Waals surface area contributed by atoms with Crippen molar-refractivity contribution >= 4 is 17.4 Å². The number of anilines is 3. The maximum absolute atomic E-state index is 12.6. The Hall–Kier alpha value is -4.08. The molecule has 9 nitrogen and oxygen atoms in total. The first-order valence-electron chi connectivity index (χ1n) is 12.7. The van der Waals surface area contributed by atoms with Crippen LogP contribution < -0.4 is 20.5 Å². The van der Waals surface area contributed by atoms with Crippen molar-refractivity contribution in [3.05, 3.63) is 76.8 Å². The molecule has 1 saturated heterocycles. The topological polar surface area (TPSA) is 102 Å². The first-order valence-corrected chi connectivity index (χ1v) is 12.7. The second-order valence-corrected chi connectivity index (χ2v) is 9.11. The van der Waals surface area contributed by atoms with Gasteiger partial charge in [-0.1, -0.05) is 6.07 Å². The summed E-state index contributed by atoms with van der Waals surface area (Å²) in [6.45, 7) is 6.12. The van der Waals surface area contributed by atoms with E-state index in [1.54, 1.807) is 19.5 Å². The van der Waals surface area contributed by atoms with Crippen molar-refractivity contribution in [2.45, 2.75) is 13.3 Å². The highest BCUT2D eigenvalue weighted by Gasteiger charge is 2.17. The Kier molecular flexibility index (Phi) is 8.06. The van der Waals surface area contributed by atoms with E-state index >= 15 is 0 Å². The van der Waals surface area contributed by atoms with Crippen LogP contribution in [0.2, 0.25) is 0 Å². The third-order valence-electron chi connectivity index (χ3n) is 6.43. The van der Waals surface area contributed by atoms with E-state index in [0.29, 0.717) is 43.8 Å². The van der Waals surface area contributed by atoms with E-state index in [9.17, 15) is 4.79 Å². The quantitative estimate of drug-likeness (QED) is 0.284. The number of hydrogen-bond donors (Lipinski definition) is 2. The van der Waals surface area contributed by atoms with Crippen LogP contribution in [0.5, 0.6) is 5.75 Å². The summed E-state index contributed by atoms with van der Waals surface area (Å²) in [7, 11) is 1.68. The molecule has 2 aromatic heterocycles. The van der Waals surface area contributed by atoms with E-state index in [-0.39, 0.29) is 5.56 Å². The molecular formula is C29H32N4O5. The van der Waals surface area contributed by atoms with Gasteiger partial charge in [0.05, 0.1) is 26.0 Å². The summed E-state index contributed by atoms with van der Waals surface area (Å²) in [6, 6.07) is 15.9. The van der Waals surface area contributed by atoms with Gasteiger partial charge in [-0.2, -0.15) is 0 Å². The third kappa shape index (κ3) is 6.07. The molecule has 1 aliphatic rings. The minimum Gasteiger partial charge on any atom is -0.493 e. The lowest BCUT2D eigenvalue weighted by Gasteiger charge is -2.29. The van der Waals surface area contributed by atoms with E-state index in [2.05, 4.69) is 26.3 Å². The number of hydrogen-bond acceptors (Lipinski definition) is 8. The maximum atomic E-state index is 12.6. The molecule has 4 aromatic rings. The molecule has 0 amide bonds. The predicted octanol–water partition coefficient (Wildman–Crippen LogP) is 5.00. The number of nitrogens with zero attached hydrogens (tertiary/aromatic N) is 2. The van der Waals surface area contributed by atoms with Crippen LogP contribution in [0.1, 0.15) is 12.0 Å². The molecule has 38 heavy (non-hydrogen) atoms. The molecule has 9 heteroatoms. The number of oxazole rings is 1. The van der Waals surface area contributed by atoms with E-state index in [4.69, 9.17) is 18.6 Å². The fourth-order valence-electron chi connectivity index (χ4n) is 4.36. The fourth-order valence-corrected chi connectivity index (χ4v) is 4.36. The molecule has 1 fully saturated rings.